The van der Waals surface area contributed by atoms with Crippen LogP contribution in [0.25, 0.3) is 21.3 Å². The molecule has 152 valence electrons. The van der Waals surface area contributed by atoms with E-state index in [0.29, 0.717) is 29.2 Å². The summed E-state index contributed by atoms with van der Waals surface area (Å²) >= 11 is 1.46. The van der Waals surface area contributed by atoms with Crippen molar-refractivity contribution in [2.24, 2.45) is 5.73 Å². The predicted molar refractivity (Wildman–Crippen MR) is 113 cm³/mol. The Morgan fingerprint density at radius 2 is 2.23 bits per heavy atom. The van der Waals surface area contributed by atoms with Crippen molar-refractivity contribution in [2.75, 3.05) is 13.1 Å². The zero-order valence-corrected chi connectivity index (χ0v) is 16.8. The molecule has 0 radical (unpaired) electrons. The largest absolute Gasteiger partial charge is 0.464 e. The SMILES string of the molecule is NC(=O)N1CC2CC1CN2Cc1coc2cc(Oc3nc4ncccc4s3)ccc12. The van der Waals surface area contributed by atoms with Gasteiger partial charge in [-0.2, -0.15) is 4.98 Å². The van der Waals surface area contributed by atoms with E-state index in [9.17, 15) is 4.79 Å². The molecule has 6 rings (SSSR count). The highest BCUT2D eigenvalue weighted by molar-refractivity contribution is 7.20. The standard InChI is InChI=1S/C21H19N5O3S/c22-20(27)26-10-13-6-14(26)9-25(13)8-12-11-28-17-7-15(3-4-16(12)17)29-21-24-19-18(30-21)2-1-5-23-19/h1-5,7,11,13-14H,6,8-10H2,(H2,22,27). The summed E-state index contributed by atoms with van der Waals surface area (Å²) < 4.78 is 12.7. The second kappa shape index (κ2) is 6.68. The molecule has 2 atom stereocenters. The number of carbonyl (C=O) groups excluding carboxylic acids is 1. The fraction of sp³-hybridized carbons (Fsp3) is 0.286. The van der Waals surface area contributed by atoms with E-state index in [2.05, 4.69) is 14.9 Å². The van der Waals surface area contributed by atoms with Gasteiger partial charge in [0.05, 0.1) is 11.0 Å². The number of aromatic nitrogens is 2. The lowest BCUT2D eigenvalue weighted by molar-refractivity contribution is 0.137. The van der Waals surface area contributed by atoms with Gasteiger partial charge in [-0.1, -0.05) is 11.3 Å². The van der Waals surface area contributed by atoms with E-state index >= 15 is 0 Å². The Bertz CT molecular complexity index is 1230. The van der Waals surface area contributed by atoms with Crippen molar-refractivity contribution in [3.63, 3.8) is 0 Å². The van der Waals surface area contributed by atoms with Crippen LogP contribution in [0.1, 0.15) is 12.0 Å². The quantitative estimate of drug-likeness (QED) is 0.541. The minimum absolute atomic E-state index is 0.231. The van der Waals surface area contributed by atoms with E-state index in [1.165, 1.54) is 11.3 Å². The number of thiazole rings is 1. The molecule has 2 aliphatic heterocycles. The summed E-state index contributed by atoms with van der Waals surface area (Å²) in [6, 6.07) is 10.00. The molecule has 0 spiro atoms. The summed E-state index contributed by atoms with van der Waals surface area (Å²) in [5.74, 6) is 0.680. The molecule has 2 fully saturated rings. The Labute approximate surface area is 175 Å². The lowest BCUT2D eigenvalue weighted by atomic mass is 10.1. The lowest BCUT2D eigenvalue weighted by Gasteiger charge is -2.33. The zero-order valence-electron chi connectivity index (χ0n) is 16.0. The number of nitrogens with two attached hydrogens (primary N) is 1. The van der Waals surface area contributed by atoms with Gasteiger partial charge in [0.25, 0.3) is 5.19 Å². The third kappa shape index (κ3) is 2.89. The fourth-order valence-corrected chi connectivity index (χ4v) is 5.37. The number of nitrogens with zero attached hydrogens (tertiary/aromatic N) is 4. The van der Waals surface area contributed by atoms with Crippen LogP contribution in [0.4, 0.5) is 4.79 Å². The Balaban J connectivity index is 1.20. The van der Waals surface area contributed by atoms with Crippen molar-refractivity contribution >= 4 is 38.7 Å². The van der Waals surface area contributed by atoms with Gasteiger partial charge in [0.15, 0.2) is 5.65 Å². The molecular weight excluding hydrogens is 402 g/mol. The van der Waals surface area contributed by atoms with Crippen molar-refractivity contribution < 1.29 is 13.9 Å². The van der Waals surface area contributed by atoms with Crippen molar-refractivity contribution in [3.05, 3.63) is 48.4 Å². The first kappa shape index (κ1) is 17.7. The summed E-state index contributed by atoms with van der Waals surface area (Å²) in [6.07, 6.45) is 4.53. The summed E-state index contributed by atoms with van der Waals surface area (Å²) in [6.45, 7) is 2.36. The summed E-state index contributed by atoms with van der Waals surface area (Å²) in [5, 5.41) is 1.63. The van der Waals surface area contributed by atoms with Crippen molar-refractivity contribution in [3.8, 4) is 10.9 Å². The zero-order chi connectivity index (χ0) is 20.2. The number of furan rings is 1. The molecule has 4 aromatic rings. The van der Waals surface area contributed by atoms with E-state index in [1.807, 2.05) is 36.6 Å². The van der Waals surface area contributed by atoms with E-state index in [1.54, 1.807) is 11.1 Å². The molecule has 3 aromatic heterocycles. The number of hydrogen-bond acceptors (Lipinski definition) is 7. The first-order valence-electron chi connectivity index (χ1n) is 9.84. The normalized spacial score (nSPS) is 21.1. The van der Waals surface area contributed by atoms with Crippen LogP contribution in [0.5, 0.6) is 10.9 Å². The van der Waals surface area contributed by atoms with Gasteiger partial charge >= 0.3 is 6.03 Å². The van der Waals surface area contributed by atoms with E-state index in [0.717, 1.165) is 40.7 Å². The highest BCUT2D eigenvalue weighted by Gasteiger charge is 2.44. The highest BCUT2D eigenvalue weighted by Crippen LogP contribution is 2.35. The lowest BCUT2D eigenvalue weighted by Crippen LogP contribution is -2.50. The number of benzene rings is 1. The molecule has 2 amide bonds. The summed E-state index contributed by atoms with van der Waals surface area (Å²) in [5.41, 5.74) is 8.07. The molecule has 2 saturated heterocycles. The molecule has 2 unspecified atom stereocenters. The van der Waals surface area contributed by atoms with Crippen LogP contribution in [0, 0.1) is 0 Å². The molecule has 30 heavy (non-hydrogen) atoms. The van der Waals surface area contributed by atoms with Crippen LogP contribution in [0.15, 0.2) is 47.2 Å². The molecule has 8 nitrogen and oxygen atoms in total. The van der Waals surface area contributed by atoms with E-state index in [-0.39, 0.29) is 12.1 Å². The fourth-order valence-electron chi connectivity index (χ4n) is 4.57. The summed E-state index contributed by atoms with van der Waals surface area (Å²) in [4.78, 5) is 24.4. The Morgan fingerprint density at radius 1 is 1.30 bits per heavy atom. The molecule has 2 N–H and O–H groups in total. The molecule has 9 heteroatoms. The third-order valence-electron chi connectivity index (χ3n) is 5.99. The third-order valence-corrected chi connectivity index (χ3v) is 6.88. The Kier molecular flexibility index (Phi) is 3.93. The maximum Gasteiger partial charge on any atom is 0.315 e. The van der Waals surface area contributed by atoms with Gasteiger partial charge in [0.1, 0.15) is 11.3 Å². The van der Waals surface area contributed by atoms with E-state index in [4.69, 9.17) is 14.9 Å². The minimum atomic E-state index is -0.313. The first-order valence-corrected chi connectivity index (χ1v) is 10.7. The van der Waals surface area contributed by atoms with Gasteiger partial charge in [-0.05, 0) is 30.7 Å². The number of urea groups is 1. The number of hydrogen-bond donors (Lipinski definition) is 1. The van der Waals surface area contributed by atoms with Gasteiger partial charge in [0, 0.05) is 54.9 Å². The molecule has 0 saturated carbocycles. The monoisotopic (exact) mass is 421 g/mol. The van der Waals surface area contributed by atoms with Gasteiger partial charge < -0.3 is 19.8 Å². The smallest absolute Gasteiger partial charge is 0.315 e. The van der Waals surface area contributed by atoms with Crippen LogP contribution >= 0.6 is 11.3 Å². The van der Waals surface area contributed by atoms with Crippen LogP contribution in [0.3, 0.4) is 0 Å². The predicted octanol–water partition coefficient (Wildman–Crippen LogP) is 3.57. The van der Waals surface area contributed by atoms with Crippen LogP contribution < -0.4 is 10.5 Å². The summed E-state index contributed by atoms with van der Waals surface area (Å²) in [7, 11) is 0. The number of rotatable bonds is 4. The Hall–Kier alpha value is -3.17. The number of likely N-dealkylation sites (tertiary alicyclic amines) is 2. The van der Waals surface area contributed by atoms with Crippen molar-refractivity contribution in [2.45, 2.75) is 25.0 Å². The number of primary amides is 1. The van der Waals surface area contributed by atoms with Crippen LogP contribution in [-0.4, -0.2) is 51.0 Å². The molecule has 5 heterocycles. The maximum atomic E-state index is 11.5. The number of fused-ring (bicyclic) bond motifs is 4. The van der Waals surface area contributed by atoms with Crippen molar-refractivity contribution in [1.29, 1.82) is 0 Å². The minimum Gasteiger partial charge on any atom is -0.464 e. The van der Waals surface area contributed by atoms with Crippen LogP contribution in [0.2, 0.25) is 0 Å². The molecule has 2 bridgehead atoms. The molecular formula is C21H19N5O3S. The molecule has 2 aliphatic rings. The number of ether oxygens (including phenoxy) is 1. The second-order valence-electron chi connectivity index (χ2n) is 7.79. The number of pyridine rings is 1. The van der Waals surface area contributed by atoms with E-state index < -0.39 is 0 Å². The number of amides is 2. The molecule has 0 aliphatic carbocycles. The molecule has 1 aromatic carbocycles. The second-order valence-corrected chi connectivity index (χ2v) is 8.78. The highest BCUT2D eigenvalue weighted by atomic mass is 32.1. The van der Waals surface area contributed by atoms with Crippen LogP contribution in [-0.2, 0) is 6.54 Å². The van der Waals surface area contributed by atoms with Gasteiger partial charge in [-0.3, -0.25) is 4.90 Å². The topological polar surface area (TPSA) is 97.7 Å². The first-order chi connectivity index (χ1) is 14.6. The Morgan fingerprint density at radius 3 is 3.03 bits per heavy atom. The van der Waals surface area contributed by atoms with Gasteiger partial charge in [-0.15, -0.1) is 0 Å². The van der Waals surface area contributed by atoms with Crippen molar-refractivity contribution in [1.82, 2.24) is 19.8 Å². The maximum absolute atomic E-state index is 11.5. The van der Waals surface area contributed by atoms with Gasteiger partial charge in [-0.25, -0.2) is 9.78 Å². The number of carbonyl (C=O) groups is 1. The average molecular weight is 421 g/mol. The average Bonchev–Trinajstić information content (AvgIpc) is 3.50. The number of piperazine rings is 1. The van der Waals surface area contributed by atoms with Gasteiger partial charge in [0.2, 0.25) is 0 Å².